The van der Waals surface area contributed by atoms with E-state index in [1.807, 2.05) is 22.8 Å². The normalized spacial score (nSPS) is 11.1. The lowest BCUT2D eigenvalue weighted by Gasteiger charge is -1.99. The van der Waals surface area contributed by atoms with E-state index in [4.69, 9.17) is 10.3 Å². The maximum Gasteiger partial charge on any atom is 0.246 e. The lowest BCUT2D eigenvalue weighted by molar-refractivity contribution is 0.369. The van der Waals surface area contributed by atoms with Crippen molar-refractivity contribution in [1.82, 2.24) is 19.7 Å². The van der Waals surface area contributed by atoms with Gasteiger partial charge in [0.2, 0.25) is 5.89 Å². The van der Waals surface area contributed by atoms with Crippen LogP contribution < -0.4 is 5.73 Å². The molecule has 1 aromatic carbocycles. The number of rotatable bonds is 2. The summed E-state index contributed by atoms with van der Waals surface area (Å²) < 4.78 is 7.02. The first-order chi connectivity index (χ1) is 8.22. The molecule has 0 spiro atoms. The second-order valence-electron chi connectivity index (χ2n) is 3.86. The van der Waals surface area contributed by atoms with Crippen molar-refractivity contribution in [1.29, 1.82) is 0 Å². The fraction of sp³-hybridized carbons (Fsp3) is 0.182. The molecule has 0 radical (unpaired) electrons. The summed E-state index contributed by atoms with van der Waals surface area (Å²) in [6.07, 6.45) is 1.74. The largest absolute Gasteiger partial charge is 0.399 e. The SMILES string of the molecule is Cc1noc(Cn2cnc3cc(N)ccc32)n1. The maximum atomic E-state index is 5.70. The van der Waals surface area contributed by atoms with Gasteiger partial charge in [0.25, 0.3) is 0 Å². The number of hydrogen-bond donors (Lipinski definition) is 1. The first kappa shape index (κ1) is 9.83. The summed E-state index contributed by atoms with van der Waals surface area (Å²) in [5.41, 5.74) is 8.26. The molecule has 0 fully saturated rings. The zero-order valence-electron chi connectivity index (χ0n) is 9.29. The number of anilines is 1. The average Bonchev–Trinajstić information content (AvgIpc) is 2.86. The van der Waals surface area contributed by atoms with Gasteiger partial charge in [0.05, 0.1) is 17.4 Å². The van der Waals surface area contributed by atoms with E-state index < -0.39 is 0 Å². The molecular weight excluding hydrogens is 218 g/mol. The number of benzene rings is 1. The summed E-state index contributed by atoms with van der Waals surface area (Å²) in [5, 5.41) is 3.75. The van der Waals surface area contributed by atoms with E-state index in [0.717, 1.165) is 11.0 Å². The molecule has 0 aliphatic rings. The Hall–Kier alpha value is -2.37. The van der Waals surface area contributed by atoms with Gasteiger partial charge in [-0.2, -0.15) is 4.98 Å². The van der Waals surface area contributed by atoms with Crippen LogP contribution in [0.5, 0.6) is 0 Å². The van der Waals surface area contributed by atoms with Crippen LogP contribution in [0.1, 0.15) is 11.7 Å². The summed E-state index contributed by atoms with van der Waals surface area (Å²) >= 11 is 0. The van der Waals surface area contributed by atoms with Crippen LogP contribution >= 0.6 is 0 Å². The topological polar surface area (TPSA) is 82.8 Å². The fourth-order valence-corrected chi connectivity index (χ4v) is 1.76. The van der Waals surface area contributed by atoms with Crippen molar-refractivity contribution in [2.75, 3.05) is 5.73 Å². The predicted molar refractivity (Wildman–Crippen MR) is 62.3 cm³/mol. The second kappa shape index (κ2) is 3.58. The molecule has 0 aliphatic heterocycles. The van der Waals surface area contributed by atoms with Gasteiger partial charge in [-0.1, -0.05) is 5.16 Å². The van der Waals surface area contributed by atoms with E-state index in [1.165, 1.54) is 0 Å². The van der Waals surface area contributed by atoms with Crippen molar-refractivity contribution in [2.45, 2.75) is 13.5 Å². The molecule has 0 amide bonds. The molecule has 2 heterocycles. The Morgan fingerprint density at radius 3 is 3.06 bits per heavy atom. The van der Waals surface area contributed by atoms with E-state index in [1.54, 1.807) is 13.3 Å². The number of fused-ring (bicyclic) bond motifs is 1. The van der Waals surface area contributed by atoms with Gasteiger partial charge in [0.15, 0.2) is 5.82 Å². The van der Waals surface area contributed by atoms with Crippen LogP contribution in [0.25, 0.3) is 11.0 Å². The van der Waals surface area contributed by atoms with Crippen molar-refractivity contribution in [2.24, 2.45) is 0 Å². The smallest absolute Gasteiger partial charge is 0.246 e. The maximum absolute atomic E-state index is 5.70. The summed E-state index contributed by atoms with van der Waals surface area (Å²) in [4.78, 5) is 8.43. The van der Waals surface area contributed by atoms with Gasteiger partial charge in [0, 0.05) is 5.69 Å². The van der Waals surface area contributed by atoms with Crippen LogP contribution in [0.4, 0.5) is 5.69 Å². The van der Waals surface area contributed by atoms with Gasteiger partial charge in [-0.15, -0.1) is 0 Å². The molecule has 2 N–H and O–H groups in total. The van der Waals surface area contributed by atoms with Gasteiger partial charge in [-0.05, 0) is 25.1 Å². The van der Waals surface area contributed by atoms with Crippen molar-refractivity contribution in [3.05, 3.63) is 36.2 Å². The van der Waals surface area contributed by atoms with Crippen LogP contribution in [-0.4, -0.2) is 19.7 Å². The van der Waals surface area contributed by atoms with Crippen LogP contribution in [0.2, 0.25) is 0 Å². The number of aromatic nitrogens is 4. The third-order valence-corrected chi connectivity index (χ3v) is 2.52. The average molecular weight is 229 g/mol. The summed E-state index contributed by atoms with van der Waals surface area (Å²) in [6.45, 7) is 2.31. The number of imidazole rings is 1. The molecule has 0 unspecified atom stereocenters. The minimum absolute atomic E-state index is 0.515. The molecule has 86 valence electrons. The number of nitrogens with two attached hydrogens (primary N) is 1. The van der Waals surface area contributed by atoms with Crippen molar-refractivity contribution >= 4 is 16.7 Å². The minimum Gasteiger partial charge on any atom is -0.399 e. The zero-order valence-corrected chi connectivity index (χ0v) is 9.29. The van der Waals surface area contributed by atoms with Crippen molar-refractivity contribution in [3.63, 3.8) is 0 Å². The van der Waals surface area contributed by atoms with Gasteiger partial charge >= 0.3 is 0 Å². The highest BCUT2D eigenvalue weighted by Crippen LogP contribution is 2.16. The molecule has 0 saturated heterocycles. The monoisotopic (exact) mass is 229 g/mol. The van der Waals surface area contributed by atoms with Crippen LogP contribution in [-0.2, 0) is 6.54 Å². The Labute approximate surface area is 97.1 Å². The first-order valence-corrected chi connectivity index (χ1v) is 5.22. The number of nitrogen functional groups attached to an aromatic ring is 1. The molecule has 2 aromatic heterocycles. The molecule has 17 heavy (non-hydrogen) atoms. The predicted octanol–water partition coefficient (Wildman–Crippen LogP) is 1.36. The quantitative estimate of drug-likeness (QED) is 0.671. The molecule has 0 aliphatic carbocycles. The van der Waals surface area contributed by atoms with Gasteiger partial charge in [-0.25, -0.2) is 4.98 Å². The summed E-state index contributed by atoms with van der Waals surface area (Å²) in [5.74, 6) is 1.20. The van der Waals surface area contributed by atoms with E-state index in [2.05, 4.69) is 15.1 Å². The van der Waals surface area contributed by atoms with Gasteiger partial charge < -0.3 is 14.8 Å². The Morgan fingerprint density at radius 2 is 2.29 bits per heavy atom. The molecule has 6 nitrogen and oxygen atoms in total. The number of nitrogens with zero attached hydrogens (tertiary/aromatic N) is 4. The molecule has 3 aromatic rings. The molecule has 0 saturated carbocycles. The van der Waals surface area contributed by atoms with E-state index in [-0.39, 0.29) is 0 Å². The third kappa shape index (κ3) is 1.73. The molecular formula is C11H11N5O. The highest BCUT2D eigenvalue weighted by atomic mass is 16.5. The van der Waals surface area contributed by atoms with E-state index >= 15 is 0 Å². The lowest BCUT2D eigenvalue weighted by atomic mass is 10.3. The highest BCUT2D eigenvalue weighted by molar-refractivity contribution is 5.78. The van der Waals surface area contributed by atoms with E-state index in [9.17, 15) is 0 Å². The van der Waals surface area contributed by atoms with Crippen LogP contribution in [0.15, 0.2) is 29.0 Å². The molecule has 0 atom stereocenters. The Bertz CT molecular complexity index is 669. The molecule has 6 heteroatoms. The Kier molecular flexibility index (Phi) is 2.07. The molecule has 3 rings (SSSR count). The Morgan fingerprint density at radius 1 is 1.41 bits per heavy atom. The third-order valence-electron chi connectivity index (χ3n) is 2.52. The number of aryl methyl sites for hydroxylation is 1. The van der Waals surface area contributed by atoms with Gasteiger partial charge in [0.1, 0.15) is 6.54 Å². The summed E-state index contributed by atoms with van der Waals surface area (Å²) in [7, 11) is 0. The van der Waals surface area contributed by atoms with Crippen LogP contribution in [0, 0.1) is 6.92 Å². The van der Waals surface area contributed by atoms with Gasteiger partial charge in [-0.3, -0.25) is 0 Å². The zero-order chi connectivity index (χ0) is 11.8. The molecule has 0 bridgehead atoms. The Balaban J connectivity index is 2.00. The van der Waals surface area contributed by atoms with Crippen LogP contribution in [0.3, 0.4) is 0 Å². The van der Waals surface area contributed by atoms with Crippen molar-refractivity contribution in [3.8, 4) is 0 Å². The van der Waals surface area contributed by atoms with Crippen molar-refractivity contribution < 1.29 is 4.52 Å². The second-order valence-corrected chi connectivity index (χ2v) is 3.86. The summed E-state index contributed by atoms with van der Waals surface area (Å²) in [6, 6.07) is 5.62. The first-order valence-electron chi connectivity index (χ1n) is 5.22. The fourth-order valence-electron chi connectivity index (χ4n) is 1.76. The minimum atomic E-state index is 0.515. The van der Waals surface area contributed by atoms with E-state index in [0.29, 0.717) is 23.9 Å². The highest BCUT2D eigenvalue weighted by Gasteiger charge is 2.07. The standard InChI is InChI=1S/C11H11N5O/c1-7-14-11(17-15-7)5-16-6-13-9-4-8(12)2-3-10(9)16/h2-4,6H,5,12H2,1H3. The number of hydrogen-bond acceptors (Lipinski definition) is 5. The lowest BCUT2D eigenvalue weighted by Crippen LogP contribution is -1.98.